The number of carboxylic acid groups (broad SMARTS) is 1. The average molecular weight is 236 g/mol. The molecule has 0 saturated carbocycles. The third-order valence-corrected chi connectivity index (χ3v) is 2.56. The summed E-state index contributed by atoms with van der Waals surface area (Å²) in [5.41, 5.74) is -1.09. The molecule has 1 unspecified atom stereocenters. The van der Waals surface area contributed by atoms with E-state index < -0.39 is 17.2 Å². The van der Waals surface area contributed by atoms with Crippen LogP contribution < -0.4 is 0 Å². The summed E-state index contributed by atoms with van der Waals surface area (Å²) in [6.07, 6.45) is 0.392. The lowest BCUT2D eigenvalue weighted by atomic mass is 9.90. The number of carboxylic acids is 1. The maximum Gasteiger partial charge on any atom is 0.340 e. The summed E-state index contributed by atoms with van der Waals surface area (Å²) in [6.45, 7) is 7.42. The molecule has 1 rings (SSSR count). The fraction of sp³-hybridized carbons (Fsp3) is 0.500. The van der Waals surface area contributed by atoms with Gasteiger partial charge in [-0.15, -0.1) is 0 Å². The maximum absolute atomic E-state index is 11.6. The van der Waals surface area contributed by atoms with Gasteiger partial charge in [-0.3, -0.25) is 0 Å². The topological polar surface area (TPSA) is 46.5 Å². The lowest BCUT2D eigenvalue weighted by molar-refractivity contribution is -0.188. The predicted octanol–water partition coefficient (Wildman–Crippen LogP) is 3.19. The van der Waals surface area contributed by atoms with Crippen molar-refractivity contribution in [2.45, 2.75) is 45.3 Å². The van der Waals surface area contributed by atoms with Crippen LogP contribution in [0.3, 0.4) is 0 Å². The second kappa shape index (κ2) is 4.88. The monoisotopic (exact) mass is 236 g/mol. The van der Waals surface area contributed by atoms with Gasteiger partial charge in [-0.25, -0.2) is 4.79 Å². The molecule has 0 amide bonds. The van der Waals surface area contributed by atoms with Crippen molar-refractivity contribution in [2.75, 3.05) is 0 Å². The molecule has 0 saturated heterocycles. The van der Waals surface area contributed by atoms with Gasteiger partial charge in [-0.2, -0.15) is 0 Å². The quantitative estimate of drug-likeness (QED) is 0.873. The molecule has 0 heterocycles. The molecule has 17 heavy (non-hydrogen) atoms. The van der Waals surface area contributed by atoms with E-state index >= 15 is 0 Å². The molecule has 3 nitrogen and oxygen atoms in total. The van der Waals surface area contributed by atoms with Crippen molar-refractivity contribution >= 4 is 5.97 Å². The van der Waals surface area contributed by atoms with Crippen LogP contribution in [-0.4, -0.2) is 16.7 Å². The average Bonchev–Trinajstić information content (AvgIpc) is 2.25. The molecule has 0 fully saturated rings. The number of aliphatic carboxylic acids is 1. The van der Waals surface area contributed by atoms with Gasteiger partial charge in [0.15, 0.2) is 5.60 Å². The zero-order valence-corrected chi connectivity index (χ0v) is 10.9. The zero-order valence-electron chi connectivity index (χ0n) is 10.9. The van der Waals surface area contributed by atoms with Crippen molar-refractivity contribution in [1.29, 1.82) is 0 Å². The SMILES string of the molecule is CCC(OC(C)(C)C)(C(=O)O)c1ccccc1. The van der Waals surface area contributed by atoms with E-state index in [0.717, 1.165) is 0 Å². The highest BCUT2D eigenvalue weighted by molar-refractivity contribution is 5.79. The number of ether oxygens (including phenoxy) is 1. The Kier molecular flexibility index (Phi) is 3.94. The first-order chi connectivity index (χ1) is 7.82. The van der Waals surface area contributed by atoms with Crippen LogP contribution in [0, 0.1) is 0 Å². The van der Waals surface area contributed by atoms with E-state index in [9.17, 15) is 9.90 Å². The van der Waals surface area contributed by atoms with Crippen LogP contribution in [0.15, 0.2) is 30.3 Å². The van der Waals surface area contributed by atoms with Crippen molar-refractivity contribution in [1.82, 2.24) is 0 Å². The molecular weight excluding hydrogens is 216 g/mol. The molecule has 0 aliphatic heterocycles. The van der Waals surface area contributed by atoms with E-state index in [1.54, 1.807) is 12.1 Å². The van der Waals surface area contributed by atoms with Crippen LogP contribution in [0.2, 0.25) is 0 Å². The summed E-state index contributed by atoms with van der Waals surface area (Å²) in [4.78, 5) is 11.6. The lowest BCUT2D eigenvalue weighted by Gasteiger charge is -2.35. The van der Waals surface area contributed by atoms with Gasteiger partial charge in [0.05, 0.1) is 5.60 Å². The van der Waals surface area contributed by atoms with Gasteiger partial charge in [0.2, 0.25) is 0 Å². The zero-order chi connectivity index (χ0) is 13.1. The van der Waals surface area contributed by atoms with E-state index in [-0.39, 0.29) is 0 Å². The van der Waals surface area contributed by atoms with Crippen molar-refractivity contribution in [2.24, 2.45) is 0 Å². The molecule has 1 aromatic rings. The van der Waals surface area contributed by atoms with Gasteiger partial charge in [0, 0.05) is 0 Å². The van der Waals surface area contributed by atoms with Crippen LogP contribution in [-0.2, 0) is 15.1 Å². The van der Waals surface area contributed by atoms with Gasteiger partial charge in [0.1, 0.15) is 0 Å². The smallest absolute Gasteiger partial charge is 0.340 e. The van der Waals surface area contributed by atoms with E-state index in [2.05, 4.69) is 0 Å². The maximum atomic E-state index is 11.6. The molecule has 0 bridgehead atoms. The second-order valence-corrected chi connectivity index (χ2v) is 5.07. The van der Waals surface area contributed by atoms with Crippen LogP contribution in [0.1, 0.15) is 39.7 Å². The van der Waals surface area contributed by atoms with Crippen LogP contribution in [0.4, 0.5) is 0 Å². The standard InChI is InChI=1S/C14H20O3/c1-5-14(12(15)16,17-13(2,3)4)11-9-7-6-8-10-11/h6-10H,5H2,1-4H3,(H,15,16). The molecule has 0 spiro atoms. The van der Waals surface area contributed by atoms with Crippen molar-refractivity contribution in [3.8, 4) is 0 Å². The third-order valence-electron chi connectivity index (χ3n) is 2.56. The number of rotatable bonds is 4. The summed E-state index contributed by atoms with van der Waals surface area (Å²) >= 11 is 0. The Bertz CT molecular complexity index is 378. The van der Waals surface area contributed by atoms with E-state index in [1.165, 1.54) is 0 Å². The van der Waals surface area contributed by atoms with Crippen LogP contribution >= 0.6 is 0 Å². The highest BCUT2D eigenvalue weighted by atomic mass is 16.5. The first-order valence-corrected chi connectivity index (χ1v) is 5.81. The fourth-order valence-corrected chi connectivity index (χ4v) is 1.88. The summed E-state index contributed by atoms with van der Waals surface area (Å²) in [7, 11) is 0. The highest BCUT2D eigenvalue weighted by Crippen LogP contribution is 2.34. The third kappa shape index (κ3) is 3.07. The predicted molar refractivity (Wildman–Crippen MR) is 66.9 cm³/mol. The minimum absolute atomic E-state index is 0.392. The normalized spacial score (nSPS) is 15.3. The Hall–Kier alpha value is -1.35. The highest BCUT2D eigenvalue weighted by Gasteiger charge is 2.42. The molecule has 0 aromatic heterocycles. The van der Waals surface area contributed by atoms with E-state index in [1.807, 2.05) is 45.9 Å². The van der Waals surface area contributed by atoms with Crippen molar-refractivity contribution in [3.05, 3.63) is 35.9 Å². The van der Waals surface area contributed by atoms with Gasteiger partial charge in [0.25, 0.3) is 0 Å². The molecule has 0 aliphatic carbocycles. The lowest BCUT2D eigenvalue weighted by Crippen LogP contribution is -2.43. The summed E-state index contributed by atoms with van der Waals surface area (Å²) in [6, 6.07) is 9.11. The van der Waals surface area contributed by atoms with Gasteiger partial charge >= 0.3 is 5.97 Å². The minimum atomic E-state index is -1.26. The number of carbonyl (C=O) groups is 1. The molecule has 1 atom stereocenters. The number of benzene rings is 1. The molecule has 94 valence electrons. The van der Waals surface area contributed by atoms with E-state index in [0.29, 0.717) is 12.0 Å². The molecule has 3 heteroatoms. The number of hydrogen-bond acceptors (Lipinski definition) is 2. The van der Waals surface area contributed by atoms with Gasteiger partial charge in [-0.05, 0) is 32.8 Å². The molecule has 0 aliphatic rings. The molecule has 1 N–H and O–H groups in total. The Labute approximate surface area is 102 Å². The van der Waals surface area contributed by atoms with Crippen molar-refractivity contribution < 1.29 is 14.6 Å². The minimum Gasteiger partial charge on any atom is -0.479 e. The Balaban J connectivity index is 3.24. The first kappa shape index (κ1) is 13.7. The van der Waals surface area contributed by atoms with Gasteiger partial charge < -0.3 is 9.84 Å². The summed E-state index contributed by atoms with van der Waals surface area (Å²) in [5, 5.41) is 9.52. The Morgan fingerprint density at radius 2 is 1.76 bits per heavy atom. The summed E-state index contributed by atoms with van der Waals surface area (Å²) < 4.78 is 5.82. The largest absolute Gasteiger partial charge is 0.479 e. The van der Waals surface area contributed by atoms with Crippen LogP contribution in [0.25, 0.3) is 0 Å². The Morgan fingerprint density at radius 3 is 2.12 bits per heavy atom. The van der Waals surface area contributed by atoms with E-state index in [4.69, 9.17) is 4.74 Å². The fourth-order valence-electron chi connectivity index (χ4n) is 1.88. The van der Waals surface area contributed by atoms with Crippen molar-refractivity contribution in [3.63, 3.8) is 0 Å². The van der Waals surface area contributed by atoms with Crippen LogP contribution in [0.5, 0.6) is 0 Å². The van der Waals surface area contributed by atoms with Gasteiger partial charge in [-0.1, -0.05) is 37.3 Å². The Morgan fingerprint density at radius 1 is 1.24 bits per heavy atom. The summed E-state index contributed by atoms with van der Waals surface area (Å²) in [5.74, 6) is -0.943. The first-order valence-electron chi connectivity index (χ1n) is 5.81. The molecule has 0 radical (unpaired) electrons. The molecule has 1 aromatic carbocycles. The molecular formula is C14H20O3. The second-order valence-electron chi connectivity index (χ2n) is 5.07. The number of hydrogen-bond donors (Lipinski definition) is 1.